The molecule has 19 heavy (non-hydrogen) atoms. The van der Waals surface area contributed by atoms with E-state index in [9.17, 15) is 14.7 Å². The fraction of sp³-hybridized carbons (Fsp3) is 0.385. The van der Waals surface area contributed by atoms with Crippen molar-refractivity contribution in [3.05, 3.63) is 23.8 Å². The average molecular weight is 264 g/mol. The fourth-order valence-corrected chi connectivity index (χ4v) is 1.80. The van der Waals surface area contributed by atoms with Crippen molar-refractivity contribution in [3.8, 4) is 5.75 Å². The van der Waals surface area contributed by atoms with Crippen LogP contribution in [-0.4, -0.2) is 28.3 Å². The number of carbonyl (C=O) groups excluding carboxylic acids is 1. The molecule has 1 aliphatic carbocycles. The van der Waals surface area contributed by atoms with Gasteiger partial charge in [0.05, 0.1) is 11.3 Å². The highest BCUT2D eigenvalue weighted by Crippen LogP contribution is 2.44. The van der Waals surface area contributed by atoms with Crippen LogP contribution in [0, 0.1) is 5.41 Å². The van der Waals surface area contributed by atoms with Gasteiger partial charge in [-0.2, -0.15) is 0 Å². The number of anilines is 1. The predicted octanol–water partition coefficient (Wildman–Crippen LogP) is 2.01. The summed E-state index contributed by atoms with van der Waals surface area (Å²) in [5.74, 6) is -1.41. The molecule has 2 rings (SSSR count). The van der Waals surface area contributed by atoms with E-state index in [-0.39, 0.29) is 28.5 Å². The van der Waals surface area contributed by atoms with E-state index in [2.05, 4.69) is 24.5 Å². The number of nitrogens with one attached hydrogen (secondary N) is 2. The number of urea groups is 1. The van der Waals surface area contributed by atoms with Crippen LogP contribution in [0.15, 0.2) is 18.2 Å². The maximum absolute atomic E-state index is 11.7. The molecule has 6 heteroatoms. The van der Waals surface area contributed by atoms with E-state index >= 15 is 0 Å². The lowest BCUT2D eigenvalue weighted by Crippen LogP contribution is -2.32. The van der Waals surface area contributed by atoms with Crippen molar-refractivity contribution >= 4 is 17.7 Å². The molecule has 6 nitrogen and oxygen atoms in total. The molecule has 1 unspecified atom stereocenters. The molecule has 2 amide bonds. The number of benzene rings is 1. The third-order valence-electron chi connectivity index (χ3n) is 3.31. The van der Waals surface area contributed by atoms with Crippen molar-refractivity contribution < 1.29 is 19.8 Å². The second-order valence-electron chi connectivity index (χ2n) is 5.38. The Kier molecular flexibility index (Phi) is 3.09. The zero-order valence-electron chi connectivity index (χ0n) is 10.7. The predicted molar refractivity (Wildman–Crippen MR) is 69.4 cm³/mol. The van der Waals surface area contributed by atoms with Gasteiger partial charge in [-0.15, -0.1) is 0 Å². The molecule has 102 valence electrons. The number of hydrogen-bond acceptors (Lipinski definition) is 3. The normalized spacial score (nSPS) is 19.6. The minimum Gasteiger partial charge on any atom is -0.506 e. The third kappa shape index (κ3) is 2.96. The number of phenolic OH excluding ortho intramolecular Hbond substituents is 1. The van der Waals surface area contributed by atoms with E-state index in [0.717, 1.165) is 12.5 Å². The van der Waals surface area contributed by atoms with Crippen molar-refractivity contribution in [2.75, 3.05) is 5.32 Å². The highest BCUT2D eigenvalue weighted by Gasteiger charge is 2.46. The van der Waals surface area contributed by atoms with Crippen LogP contribution in [0.4, 0.5) is 10.5 Å². The number of phenols is 1. The van der Waals surface area contributed by atoms with Gasteiger partial charge in [0.15, 0.2) is 0 Å². The number of carboxylic acids is 1. The number of aromatic hydroxyl groups is 1. The van der Waals surface area contributed by atoms with Gasteiger partial charge in [-0.3, -0.25) is 0 Å². The molecule has 0 radical (unpaired) electrons. The van der Waals surface area contributed by atoms with E-state index in [1.165, 1.54) is 12.1 Å². The van der Waals surface area contributed by atoms with Crippen LogP contribution >= 0.6 is 0 Å². The first-order valence-electron chi connectivity index (χ1n) is 5.93. The lowest BCUT2D eigenvalue weighted by atomic mass is 10.2. The zero-order chi connectivity index (χ0) is 14.2. The highest BCUT2D eigenvalue weighted by molar-refractivity contribution is 5.93. The second kappa shape index (κ2) is 4.46. The number of amides is 2. The Labute approximate surface area is 110 Å². The second-order valence-corrected chi connectivity index (χ2v) is 5.38. The van der Waals surface area contributed by atoms with Crippen LogP contribution in [0.5, 0.6) is 5.75 Å². The molecule has 1 aromatic rings. The molecule has 1 fully saturated rings. The van der Waals surface area contributed by atoms with Crippen molar-refractivity contribution in [2.24, 2.45) is 5.41 Å². The summed E-state index contributed by atoms with van der Waals surface area (Å²) in [7, 11) is 0. The number of carboxylic acid groups (broad SMARTS) is 1. The van der Waals surface area contributed by atoms with Crippen molar-refractivity contribution in [3.63, 3.8) is 0 Å². The Balaban J connectivity index is 1.99. The Morgan fingerprint density at radius 1 is 1.37 bits per heavy atom. The van der Waals surface area contributed by atoms with Gasteiger partial charge in [-0.1, -0.05) is 13.8 Å². The molecule has 0 spiro atoms. The summed E-state index contributed by atoms with van der Waals surface area (Å²) in [6.45, 7) is 4.11. The van der Waals surface area contributed by atoms with Gasteiger partial charge in [0.2, 0.25) is 0 Å². The number of carbonyl (C=O) groups is 2. The first-order valence-corrected chi connectivity index (χ1v) is 5.93. The van der Waals surface area contributed by atoms with Gasteiger partial charge < -0.3 is 20.8 Å². The summed E-state index contributed by atoms with van der Waals surface area (Å²) >= 11 is 0. The Bertz CT molecular complexity index is 539. The lowest BCUT2D eigenvalue weighted by Gasteiger charge is -2.10. The maximum Gasteiger partial charge on any atom is 0.335 e. The molecule has 1 saturated carbocycles. The molecule has 1 atom stereocenters. The lowest BCUT2D eigenvalue weighted by molar-refractivity contribution is 0.0696. The molecule has 0 heterocycles. The van der Waals surface area contributed by atoms with E-state index < -0.39 is 12.0 Å². The molecular weight excluding hydrogens is 248 g/mol. The molecule has 1 aromatic carbocycles. The smallest absolute Gasteiger partial charge is 0.335 e. The molecule has 0 bridgehead atoms. The topological polar surface area (TPSA) is 98.7 Å². The average Bonchev–Trinajstić information content (AvgIpc) is 2.88. The van der Waals surface area contributed by atoms with E-state index in [4.69, 9.17) is 5.11 Å². The van der Waals surface area contributed by atoms with Crippen LogP contribution in [0.3, 0.4) is 0 Å². The van der Waals surface area contributed by atoms with Crippen LogP contribution in [-0.2, 0) is 0 Å². The third-order valence-corrected chi connectivity index (χ3v) is 3.31. The zero-order valence-corrected chi connectivity index (χ0v) is 10.7. The molecule has 4 N–H and O–H groups in total. The maximum atomic E-state index is 11.7. The van der Waals surface area contributed by atoms with E-state index in [1.807, 2.05) is 0 Å². The van der Waals surface area contributed by atoms with Gasteiger partial charge in [0.25, 0.3) is 0 Å². The van der Waals surface area contributed by atoms with Gasteiger partial charge in [0, 0.05) is 6.04 Å². The van der Waals surface area contributed by atoms with E-state index in [1.54, 1.807) is 0 Å². The SMILES string of the molecule is CC1(C)CC1NC(=O)Nc1ccc(C(=O)O)cc1O. The van der Waals surface area contributed by atoms with Crippen LogP contribution < -0.4 is 10.6 Å². The quantitative estimate of drug-likeness (QED) is 0.627. The number of aromatic carboxylic acids is 1. The largest absolute Gasteiger partial charge is 0.506 e. The van der Waals surface area contributed by atoms with Gasteiger partial charge in [-0.05, 0) is 30.0 Å². The Morgan fingerprint density at radius 3 is 2.47 bits per heavy atom. The standard InChI is InChI=1S/C13H16N2O4/c1-13(2)6-10(13)15-12(19)14-8-4-3-7(11(17)18)5-9(8)16/h3-5,10,16H,6H2,1-2H3,(H,17,18)(H2,14,15,19). The molecule has 0 aromatic heterocycles. The molecule has 0 aliphatic heterocycles. The van der Waals surface area contributed by atoms with Gasteiger partial charge in [0.1, 0.15) is 5.75 Å². The highest BCUT2D eigenvalue weighted by atomic mass is 16.4. The first kappa shape index (κ1) is 13.2. The van der Waals surface area contributed by atoms with Crippen molar-refractivity contribution in [2.45, 2.75) is 26.3 Å². The van der Waals surface area contributed by atoms with E-state index in [0.29, 0.717) is 0 Å². The molecular formula is C13H16N2O4. The van der Waals surface area contributed by atoms with Crippen LogP contribution in [0.25, 0.3) is 0 Å². The number of hydrogen-bond donors (Lipinski definition) is 4. The summed E-state index contributed by atoms with van der Waals surface area (Å²) < 4.78 is 0. The van der Waals surface area contributed by atoms with Gasteiger partial charge in [-0.25, -0.2) is 9.59 Å². The Hall–Kier alpha value is -2.24. The first-order chi connectivity index (χ1) is 8.79. The van der Waals surface area contributed by atoms with Crippen molar-refractivity contribution in [1.29, 1.82) is 0 Å². The number of rotatable bonds is 3. The Morgan fingerprint density at radius 2 is 2.00 bits per heavy atom. The summed E-state index contributed by atoms with van der Waals surface area (Å²) in [6.07, 6.45) is 0.921. The summed E-state index contributed by atoms with van der Waals surface area (Å²) in [6, 6.07) is 3.50. The summed E-state index contributed by atoms with van der Waals surface area (Å²) in [5, 5.41) is 23.7. The molecule has 0 saturated heterocycles. The summed E-state index contributed by atoms with van der Waals surface area (Å²) in [4.78, 5) is 22.4. The van der Waals surface area contributed by atoms with Crippen molar-refractivity contribution in [1.82, 2.24) is 5.32 Å². The monoisotopic (exact) mass is 264 g/mol. The fourth-order valence-electron chi connectivity index (χ4n) is 1.80. The minimum atomic E-state index is -1.13. The molecule has 1 aliphatic rings. The van der Waals surface area contributed by atoms with Crippen LogP contribution in [0.2, 0.25) is 0 Å². The van der Waals surface area contributed by atoms with Crippen LogP contribution in [0.1, 0.15) is 30.6 Å². The minimum absolute atomic E-state index is 0.0354. The van der Waals surface area contributed by atoms with Gasteiger partial charge >= 0.3 is 12.0 Å². The summed E-state index contributed by atoms with van der Waals surface area (Å²) in [5.41, 5.74) is 0.264.